The molecule has 0 bridgehead atoms. The molecule has 0 amide bonds. The number of halogens is 4. The zero-order valence-corrected chi connectivity index (χ0v) is 25.0. The Morgan fingerprint density at radius 1 is 1.11 bits per heavy atom. The normalized spacial score (nSPS) is 22.0. The van der Waals surface area contributed by atoms with E-state index in [1.165, 1.54) is 27.2 Å². The second-order valence-corrected chi connectivity index (χ2v) is 14.2. The number of hydrogen-bond acceptors (Lipinski definition) is 7. The summed E-state index contributed by atoms with van der Waals surface area (Å²) in [6, 6.07) is 6.38. The molecule has 2 saturated carbocycles. The number of thiazole rings is 1. The lowest BCUT2D eigenvalue weighted by molar-refractivity contribution is -0.140. The second-order valence-electron chi connectivity index (χ2n) is 11.5. The average Bonchev–Trinajstić information content (AvgIpc) is 3.34. The molecule has 4 aromatic rings. The monoisotopic (exact) mass is 646 g/mol. The van der Waals surface area contributed by atoms with Crippen molar-refractivity contribution in [1.29, 1.82) is 0 Å². The van der Waals surface area contributed by atoms with Crippen LogP contribution in [0.15, 0.2) is 58.7 Å². The number of alkyl halides is 3. The fourth-order valence-corrected chi connectivity index (χ4v) is 9.18. The highest BCUT2D eigenvalue weighted by atomic mass is 32.2. The van der Waals surface area contributed by atoms with Crippen LogP contribution in [0.5, 0.6) is 0 Å². The van der Waals surface area contributed by atoms with E-state index in [0.717, 1.165) is 5.38 Å². The summed E-state index contributed by atoms with van der Waals surface area (Å²) in [4.78, 5) is 18.1. The Balaban J connectivity index is 1.32. The van der Waals surface area contributed by atoms with Crippen LogP contribution in [0, 0.1) is 11.2 Å². The summed E-state index contributed by atoms with van der Waals surface area (Å²) in [5, 5.41) is 9.10. The molecular formula is C29H26F4N6O3S2. The summed E-state index contributed by atoms with van der Waals surface area (Å²) in [5.41, 5.74) is 0.171. The third-order valence-electron chi connectivity index (χ3n) is 8.63. The van der Waals surface area contributed by atoms with Gasteiger partial charge in [0, 0.05) is 30.7 Å². The van der Waals surface area contributed by atoms with Crippen molar-refractivity contribution >= 4 is 33.2 Å². The maximum Gasteiger partial charge on any atom is 0.434 e. The van der Waals surface area contributed by atoms with Crippen molar-refractivity contribution in [2.75, 3.05) is 0 Å². The van der Waals surface area contributed by atoms with Crippen LogP contribution < -0.4 is 0 Å². The first-order chi connectivity index (χ1) is 20.9. The molecule has 3 aromatic heterocycles. The lowest BCUT2D eigenvalue weighted by Gasteiger charge is -2.46. The van der Waals surface area contributed by atoms with Crippen LogP contribution in [-0.2, 0) is 29.7 Å². The van der Waals surface area contributed by atoms with Gasteiger partial charge in [-0.15, -0.1) is 11.3 Å². The van der Waals surface area contributed by atoms with Crippen molar-refractivity contribution in [2.45, 2.75) is 61.8 Å². The molecule has 2 atom stereocenters. The smallest absolute Gasteiger partial charge is 0.290 e. The topological polar surface area (TPSA) is 103 Å². The Labute approximate surface area is 253 Å². The molecule has 230 valence electrons. The van der Waals surface area contributed by atoms with E-state index < -0.39 is 45.0 Å². The van der Waals surface area contributed by atoms with Crippen LogP contribution >= 0.6 is 11.3 Å². The first-order valence-electron chi connectivity index (χ1n) is 14.0. The Kier molecular flexibility index (Phi) is 6.71. The van der Waals surface area contributed by atoms with Crippen LogP contribution in [0.3, 0.4) is 0 Å². The fourth-order valence-electron chi connectivity index (χ4n) is 6.46. The predicted molar refractivity (Wildman–Crippen MR) is 152 cm³/mol. The summed E-state index contributed by atoms with van der Waals surface area (Å²) in [6.45, 7) is 0. The minimum Gasteiger partial charge on any atom is -0.290 e. The number of carbonyl (C=O) groups excluding carboxylic acids is 1. The van der Waals surface area contributed by atoms with Gasteiger partial charge in [0.15, 0.2) is 15.7 Å². The molecule has 3 heterocycles. The van der Waals surface area contributed by atoms with Gasteiger partial charge in [0.25, 0.3) is 10.0 Å². The number of ketones is 1. The predicted octanol–water partition coefficient (Wildman–Crippen LogP) is 5.43. The molecule has 1 aromatic carbocycles. The van der Waals surface area contributed by atoms with Gasteiger partial charge in [-0.05, 0) is 80.5 Å². The number of sulfonamides is 1. The number of hydrogen-bond donors (Lipinski definition) is 0. The van der Waals surface area contributed by atoms with Gasteiger partial charge >= 0.3 is 6.18 Å². The van der Waals surface area contributed by atoms with Gasteiger partial charge in [-0.3, -0.25) is 9.48 Å². The van der Waals surface area contributed by atoms with Crippen LogP contribution in [0.25, 0.3) is 11.8 Å². The maximum absolute atomic E-state index is 14.4. The van der Waals surface area contributed by atoms with E-state index in [9.17, 15) is 30.8 Å². The number of benzene rings is 1. The number of aryl methyl sites for hydroxylation is 1. The quantitative estimate of drug-likeness (QED) is 0.196. The van der Waals surface area contributed by atoms with Gasteiger partial charge in [0.1, 0.15) is 5.82 Å². The molecular weight excluding hydrogens is 620 g/mol. The van der Waals surface area contributed by atoms with Crippen molar-refractivity contribution in [1.82, 2.24) is 28.9 Å². The van der Waals surface area contributed by atoms with Gasteiger partial charge in [-0.25, -0.2) is 22.5 Å². The highest BCUT2D eigenvalue weighted by Gasteiger charge is 2.54. The lowest BCUT2D eigenvalue weighted by atomic mass is 9.61. The second kappa shape index (κ2) is 10.2. The van der Waals surface area contributed by atoms with E-state index in [4.69, 9.17) is 0 Å². The van der Waals surface area contributed by atoms with E-state index >= 15 is 0 Å². The summed E-state index contributed by atoms with van der Waals surface area (Å²) < 4.78 is 86.4. The summed E-state index contributed by atoms with van der Waals surface area (Å²) in [5.74, 6) is -0.973. The molecule has 7 rings (SSSR count). The van der Waals surface area contributed by atoms with Crippen LogP contribution in [0.4, 0.5) is 17.6 Å². The SMILES string of the molecule is Cn1ccc(S(=O)(=O)N(C2CC2)[C@H]2CCC3=Cc4c(cnn4-c4ccc(F)cc4)C[C@]3(C(=O)c3nc(C(F)(F)F)cs3)C2)n1. The zero-order valence-electron chi connectivity index (χ0n) is 23.3. The van der Waals surface area contributed by atoms with Crippen molar-refractivity contribution in [2.24, 2.45) is 12.5 Å². The Bertz CT molecular complexity index is 1910. The summed E-state index contributed by atoms with van der Waals surface area (Å²) >= 11 is 0.638. The number of aromatic nitrogens is 5. The lowest BCUT2D eigenvalue weighted by Crippen LogP contribution is -2.51. The molecule has 3 aliphatic rings. The minimum absolute atomic E-state index is 0.0718. The molecule has 0 spiro atoms. The van der Waals surface area contributed by atoms with Gasteiger partial charge in [-0.1, -0.05) is 5.57 Å². The zero-order chi connectivity index (χ0) is 31.0. The van der Waals surface area contributed by atoms with Crippen LogP contribution in [0.1, 0.15) is 58.9 Å². The number of allylic oxidation sites excluding steroid dienone is 1. The largest absolute Gasteiger partial charge is 0.434 e. The van der Waals surface area contributed by atoms with Crippen molar-refractivity contribution in [3.8, 4) is 5.69 Å². The van der Waals surface area contributed by atoms with E-state index in [1.807, 2.05) is 6.08 Å². The summed E-state index contributed by atoms with van der Waals surface area (Å²) in [7, 11) is -2.40. The van der Waals surface area contributed by atoms with Crippen LogP contribution in [0.2, 0.25) is 0 Å². The maximum atomic E-state index is 14.4. The number of rotatable bonds is 7. The molecule has 0 radical (unpaired) electrons. The first kappa shape index (κ1) is 29.0. The highest BCUT2D eigenvalue weighted by molar-refractivity contribution is 7.89. The third kappa shape index (κ3) is 4.81. The number of carbonyl (C=O) groups is 1. The molecule has 9 nitrogen and oxygen atoms in total. The van der Waals surface area contributed by atoms with Gasteiger partial charge < -0.3 is 0 Å². The highest BCUT2D eigenvalue weighted by Crippen LogP contribution is 2.53. The molecule has 2 fully saturated rings. The van der Waals surface area contributed by atoms with E-state index in [-0.39, 0.29) is 28.9 Å². The fraction of sp³-hybridized carbons (Fsp3) is 0.379. The summed E-state index contributed by atoms with van der Waals surface area (Å²) in [6.07, 6.45) is 2.52. The minimum atomic E-state index is -4.71. The molecule has 44 heavy (non-hydrogen) atoms. The van der Waals surface area contributed by atoms with Crippen molar-refractivity contribution < 1.29 is 30.8 Å². The Hall–Kier alpha value is -3.69. The standard InChI is InChI=1S/C29H26F4N6O3S2/c1-37-11-10-25(36-37)44(41,42)39(21-8-9-21)22-5-2-18-12-23-17(15-34-38(23)20-6-3-19(30)4-7-20)13-28(18,14-22)26(40)27-35-24(16-43-27)29(31,32)33/h3-4,6-7,10-12,15-16,21-22H,2,5,8-9,13-14H2,1H3/t22-,28-/m0/s1. The van der Waals surface area contributed by atoms with E-state index in [2.05, 4.69) is 15.2 Å². The molecule has 15 heteroatoms. The molecule has 0 unspecified atom stereocenters. The molecule has 0 N–H and O–H groups in total. The molecule has 0 aliphatic heterocycles. The first-order valence-corrected chi connectivity index (χ1v) is 16.3. The third-order valence-corrected chi connectivity index (χ3v) is 11.4. The van der Waals surface area contributed by atoms with Crippen molar-refractivity contribution in [3.63, 3.8) is 0 Å². The van der Waals surface area contributed by atoms with E-state index in [1.54, 1.807) is 36.3 Å². The van der Waals surface area contributed by atoms with Crippen molar-refractivity contribution in [3.05, 3.63) is 81.5 Å². The van der Waals surface area contributed by atoms with E-state index in [0.29, 0.717) is 59.5 Å². The number of nitrogens with zero attached hydrogens (tertiary/aromatic N) is 6. The molecule has 0 saturated heterocycles. The van der Waals surface area contributed by atoms with Gasteiger partial charge in [0.05, 0.1) is 23.0 Å². The Morgan fingerprint density at radius 2 is 1.86 bits per heavy atom. The number of fused-ring (bicyclic) bond motifs is 2. The van der Waals surface area contributed by atoms with Gasteiger partial charge in [0.2, 0.25) is 5.78 Å². The van der Waals surface area contributed by atoms with Crippen LogP contribution in [-0.4, -0.2) is 55.1 Å². The Morgan fingerprint density at radius 3 is 2.50 bits per heavy atom. The average molecular weight is 647 g/mol. The number of Topliss-reactive ketones (excluding diaryl/α,β-unsaturated/α-hetero) is 1. The molecule has 3 aliphatic carbocycles. The van der Waals surface area contributed by atoms with Gasteiger partial charge in [-0.2, -0.15) is 27.7 Å².